The van der Waals surface area contributed by atoms with E-state index in [2.05, 4.69) is 53.7 Å². The van der Waals surface area contributed by atoms with Crippen LogP contribution >= 0.6 is 0 Å². The van der Waals surface area contributed by atoms with Gasteiger partial charge in [0.1, 0.15) is 5.75 Å². The Kier molecular flexibility index (Phi) is 6.27. The molecule has 0 aliphatic carbocycles. The number of rotatable bonds is 6. The van der Waals surface area contributed by atoms with Crippen molar-refractivity contribution in [3.63, 3.8) is 0 Å². The Morgan fingerprint density at radius 1 is 1.00 bits per heavy atom. The average molecular weight is 343 g/mol. The molecule has 0 unspecified atom stereocenters. The molecule has 0 aliphatic rings. The van der Waals surface area contributed by atoms with E-state index in [1.807, 2.05) is 12.1 Å². The predicted molar refractivity (Wildman–Crippen MR) is 94.6 cm³/mol. The molecular formula is C18H30O4S. The molecule has 0 amide bonds. The van der Waals surface area contributed by atoms with Crippen LogP contribution in [0.15, 0.2) is 24.3 Å². The summed E-state index contributed by atoms with van der Waals surface area (Å²) < 4.78 is 35.5. The van der Waals surface area contributed by atoms with Gasteiger partial charge >= 0.3 is 0 Å². The summed E-state index contributed by atoms with van der Waals surface area (Å²) in [5.74, 6) is 0.843. The van der Waals surface area contributed by atoms with Crippen molar-refractivity contribution >= 4 is 10.1 Å². The van der Waals surface area contributed by atoms with Crippen LogP contribution in [0, 0.1) is 10.8 Å². The first kappa shape index (κ1) is 20.0. The first-order chi connectivity index (χ1) is 10.3. The standard InChI is InChI=1S/C18H30O4S/c1-17(2,3)16(18(4,5)6)14-8-10-15(11-9-14)22-12-7-13-23(19,20)21/h8-11,16H,7,12-13H2,1-6H3,(H,19,20,21). The van der Waals surface area contributed by atoms with Crippen molar-refractivity contribution in [1.29, 1.82) is 0 Å². The van der Waals surface area contributed by atoms with Gasteiger partial charge in [-0.15, -0.1) is 0 Å². The third kappa shape index (κ3) is 6.92. The van der Waals surface area contributed by atoms with Gasteiger partial charge in [0.25, 0.3) is 10.1 Å². The smallest absolute Gasteiger partial charge is 0.264 e. The number of ether oxygens (including phenoxy) is 1. The van der Waals surface area contributed by atoms with E-state index in [1.54, 1.807) is 0 Å². The van der Waals surface area contributed by atoms with Crippen LogP contribution in [0.5, 0.6) is 5.75 Å². The molecule has 1 N–H and O–H groups in total. The molecule has 0 fully saturated rings. The summed E-state index contributed by atoms with van der Waals surface area (Å²) in [4.78, 5) is 0. The Morgan fingerprint density at radius 2 is 1.48 bits per heavy atom. The van der Waals surface area contributed by atoms with Gasteiger partial charge in [-0.3, -0.25) is 4.55 Å². The topological polar surface area (TPSA) is 63.6 Å². The SMILES string of the molecule is CC(C)(C)C(c1ccc(OCCCS(=O)(=O)O)cc1)C(C)(C)C. The van der Waals surface area contributed by atoms with Crippen molar-refractivity contribution in [2.75, 3.05) is 12.4 Å². The fourth-order valence-corrected chi connectivity index (χ4v) is 3.97. The van der Waals surface area contributed by atoms with Crippen molar-refractivity contribution in [3.05, 3.63) is 29.8 Å². The lowest BCUT2D eigenvalue weighted by Crippen LogP contribution is -2.30. The van der Waals surface area contributed by atoms with E-state index < -0.39 is 10.1 Å². The predicted octanol–water partition coefficient (Wildman–Crippen LogP) is 4.52. The maximum Gasteiger partial charge on any atom is 0.264 e. The minimum atomic E-state index is -3.91. The molecule has 0 aliphatic heterocycles. The van der Waals surface area contributed by atoms with Gasteiger partial charge in [-0.1, -0.05) is 53.7 Å². The maximum atomic E-state index is 10.7. The second-order valence-electron chi connectivity index (χ2n) is 8.22. The summed E-state index contributed by atoms with van der Waals surface area (Å²) in [7, 11) is -3.91. The molecule has 1 rings (SSSR count). The number of hydrogen-bond donors (Lipinski definition) is 1. The average Bonchev–Trinajstić information content (AvgIpc) is 2.32. The lowest BCUT2D eigenvalue weighted by atomic mass is 9.64. The summed E-state index contributed by atoms with van der Waals surface area (Å²) in [6.45, 7) is 13.8. The summed E-state index contributed by atoms with van der Waals surface area (Å²) >= 11 is 0. The summed E-state index contributed by atoms with van der Waals surface area (Å²) in [5.41, 5.74) is 1.57. The fraction of sp³-hybridized carbons (Fsp3) is 0.667. The summed E-state index contributed by atoms with van der Waals surface area (Å²) in [5, 5.41) is 0. The molecule has 1 aromatic carbocycles. The maximum absolute atomic E-state index is 10.7. The second-order valence-corrected chi connectivity index (χ2v) is 9.79. The fourth-order valence-electron chi connectivity index (χ4n) is 3.49. The molecule has 0 aromatic heterocycles. The summed E-state index contributed by atoms with van der Waals surface area (Å²) in [6.07, 6.45) is 0.271. The monoisotopic (exact) mass is 342 g/mol. The Morgan fingerprint density at radius 3 is 1.87 bits per heavy atom. The highest BCUT2D eigenvalue weighted by atomic mass is 32.2. The van der Waals surface area contributed by atoms with Gasteiger partial charge in [0.15, 0.2) is 0 Å². The van der Waals surface area contributed by atoms with Crippen molar-refractivity contribution in [3.8, 4) is 5.75 Å². The normalized spacial score (nSPS) is 13.4. The minimum Gasteiger partial charge on any atom is -0.494 e. The van der Waals surface area contributed by atoms with Crippen molar-refractivity contribution < 1.29 is 17.7 Å². The van der Waals surface area contributed by atoms with Crippen LogP contribution < -0.4 is 4.74 Å². The van der Waals surface area contributed by atoms with E-state index in [-0.39, 0.29) is 29.6 Å². The zero-order chi connectivity index (χ0) is 17.9. The molecule has 0 spiro atoms. The van der Waals surface area contributed by atoms with Crippen LogP contribution in [-0.4, -0.2) is 25.3 Å². The van der Waals surface area contributed by atoms with E-state index in [4.69, 9.17) is 9.29 Å². The third-order valence-electron chi connectivity index (χ3n) is 3.76. The molecule has 0 saturated heterocycles. The minimum absolute atomic E-state index is 0.149. The van der Waals surface area contributed by atoms with Gasteiger partial charge in [-0.25, -0.2) is 0 Å². The second kappa shape index (κ2) is 7.22. The molecule has 0 radical (unpaired) electrons. The van der Waals surface area contributed by atoms with Crippen molar-refractivity contribution in [2.24, 2.45) is 10.8 Å². The zero-order valence-corrected chi connectivity index (χ0v) is 15.9. The Balaban J connectivity index is 2.75. The molecule has 0 saturated carbocycles. The molecule has 1 aromatic rings. The van der Waals surface area contributed by atoms with Crippen LogP contribution in [0.3, 0.4) is 0 Å². The Labute approximate surface area is 141 Å². The quantitative estimate of drug-likeness (QED) is 0.610. The lowest BCUT2D eigenvalue weighted by molar-refractivity contribution is 0.176. The number of hydrogen-bond acceptors (Lipinski definition) is 3. The first-order valence-electron chi connectivity index (χ1n) is 7.98. The van der Waals surface area contributed by atoms with Gasteiger partial charge in [0.05, 0.1) is 12.4 Å². The van der Waals surface area contributed by atoms with Crippen molar-refractivity contribution in [2.45, 2.75) is 53.9 Å². The van der Waals surface area contributed by atoms with Crippen molar-refractivity contribution in [1.82, 2.24) is 0 Å². The van der Waals surface area contributed by atoms with Crippen LogP contribution in [0.1, 0.15) is 59.4 Å². The van der Waals surface area contributed by atoms with Crippen LogP contribution in [0.4, 0.5) is 0 Å². The van der Waals surface area contributed by atoms with E-state index in [0.717, 1.165) is 0 Å². The molecule has 0 bridgehead atoms. The lowest BCUT2D eigenvalue weighted by Gasteiger charge is -2.41. The van der Waals surface area contributed by atoms with Gasteiger partial charge in [-0.05, 0) is 40.9 Å². The Bertz CT molecular complexity index is 575. The summed E-state index contributed by atoms with van der Waals surface area (Å²) in [6, 6.07) is 8.01. The van der Waals surface area contributed by atoms with Gasteiger partial charge in [-0.2, -0.15) is 8.42 Å². The molecule has 5 heteroatoms. The largest absolute Gasteiger partial charge is 0.494 e. The van der Waals surface area contributed by atoms with E-state index in [1.165, 1.54) is 5.56 Å². The van der Waals surface area contributed by atoms with E-state index in [0.29, 0.717) is 11.7 Å². The van der Waals surface area contributed by atoms with Gasteiger partial charge in [0, 0.05) is 0 Å². The molecule has 132 valence electrons. The van der Waals surface area contributed by atoms with E-state index >= 15 is 0 Å². The van der Waals surface area contributed by atoms with Crippen LogP contribution in [0.2, 0.25) is 0 Å². The highest BCUT2D eigenvalue weighted by Crippen LogP contribution is 2.47. The molecular weight excluding hydrogens is 312 g/mol. The molecule has 0 atom stereocenters. The first-order valence-corrected chi connectivity index (χ1v) is 9.59. The number of benzene rings is 1. The Hall–Kier alpha value is -1.07. The van der Waals surface area contributed by atoms with Crippen LogP contribution in [0.25, 0.3) is 0 Å². The highest BCUT2D eigenvalue weighted by Gasteiger charge is 2.35. The van der Waals surface area contributed by atoms with E-state index in [9.17, 15) is 8.42 Å². The van der Waals surface area contributed by atoms with Crippen LogP contribution in [-0.2, 0) is 10.1 Å². The van der Waals surface area contributed by atoms with Gasteiger partial charge in [0.2, 0.25) is 0 Å². The van der Waals surface area contributed by atoms with Gasteiger partial charge < -0.3 is 4.74 Å². The zero-order valence-electron chi connectivity index (χ0n) is 15.1. The molecule has 4 nitrogen and oxygen atoms in total. The molecule has 23 heavy (non-hydrogen) atoms. The third-order valence-corrected chi connectivity index (χ3v) is 4.57. The highest BCUT2D eigenvalue weighted by molar-refractivity contribution is 7.85. The molecule has 0 heterocycles.